The number of aromatic nitrogens is 1. The highest BCUT2D eigenvalue weighted by Crippen LogP contribution is 2.24. The standard InChI is InChI=1S/C22H22N4O4/c1-26-19-11-16(6-7-20(19)30-22(26)28)15-4-2-14(3-5-15)10-17(12-23)25-21(27)18-13-29-9-8-24-18/h2-7,11,17-18,24H,8-10,13H2,1H3,(H,25,27). The molecule has 0 spiro atoms. The molecule has 0 aliphatic carbocycles. The zero-order valence-electron chi connectivity index (χ0n) is 16.6. The van der Waals surface area contributed by atoms with Crippen molar-refractivity contribution in [3.63, 3.8) is 0 Å². The molecule has 1 fully saturated rings. The van der Waals surface area contributed by atoms with Gasteiger partial charge in [-0.15, -0.1) is 0 Å². The van der Waals surface area contributed by atoms with Crippen LogP contribution in [0.15, 0.2) is 51.7 Å². The Balaban J connectivity index is 1.45. The number of fused-ring (bicyclic) bond motifs is 1. The van der Waals surface area contributed by atoms with E-state index in [1.165, 1.54) is 4.57 Å². The molecular weight excluding hydrogens is 384 g/mol. The predicted molar refractivity (Wildman–Crippen MR) is 111 cm³/mol. The number of carbonyl (C=O) groups is 1. The molecule has 1 aliphatic heterocycles. The molecule has 154 valence electrons. The summed E-state index contributed by atoms with van der Waals surface area (Å²) in [6.45, 7) is 1.52. The van der Waals surface area contributed by atoms with E-state index in [9.17, 15) is 14.9 Å². The van der Waals surface area contributed by atoms with Crippen LogP contribution < -0.4 is 16.4 Å². The molecule has 30 heavy (non-hydrogen) atoms. The van der Waals surface area contributed by atoms with Crippen molar-refractivity contribution in [3.05, 3.63) is 58.6 Å². The number of morpholine rings is 1. The molecule has 0 bridgehead atoms. The average molecular weight is 406 g/mol. The Morgan fingerprint density at radius 1 is 1.30 bits per heavy atom. The quantitative estimate of drug-likeness (QED) is 0.662. The molecule has 1 aliphatic rings. The SMILES string of the molecule is Cn1c(=O)oc2ccc(-c3ccc(CC(C#N)NC(=O)C4COCCN4)cc3)cc21. The molecule has 3 aromatic rings. The van der Waals surface area contributed by atoms with Gasteiger partial charge < -0.3 is 19.8 Å². The normalized spacial score (nSPS) is 17.4. The van der Waals surface area contributed by atoms with E-state index in [1.54, 1.807) is 13.1 Å². The Labute approximate surface area is 173 Å². The topological polar surface area (TPSA) is 109 Å². The molecular formula is C22H22N4O4. The number of nitriles is 1. The van der Waals surface area contributed by atoms with Crippen LogP contribution in [0.25, 0.3) is 22.2 Å². The first-order valence-corrected chi connectivity index (χ1v) is 9.75. The van der Waals surface area contributed by atoms with Crippen LogP contribution in [0, 0.1) is 11.3 Å². The fraction of sp³-hybridized carbons (Fsp3) is 0.318. The number of oxazole rings is 1. The number of hydrogen-bond donors (Lipinski definition) is 2. The summed E-state index contributed by atoms with van der Waals surface area (Å²) in [7, 11) is 1.67. The molecule has 8 nitrogen and oxygen atoms in total. The first-order chi connectivity index (χ1) is 14.5. The van der Waals surface area contributed by atoms with Gasteiger partial charge in [-0.05, 0) is 28.8 Å². The number of benzene rings is 2. The Hall–Kier alpha value is -3.41. The Kier molecular flexibility index (Phi) is 5.65. The molecule has 0 radical (unpaired) electrons. The van der Waals surface area contributed by atoms with Crippen molar-refractivity contribution in [3.8, 4) is 17.2 Å². The summed E-state index contributed by atoms with van der Waals surface area (Å²) in [5.74, 6) is -0.617. The minimum atomic E-state index is -0.621. The fourth-order valence-electron chi connectivity index (χ4n) is 3.51. The number of aryl methyl sites for hydroxylation is 1. The second-order valence-electron chi connectivity index (χ2n) is 7.28. The molecule has 2 heterocycles. The number of ether oxygens (including phenoxy) is 1. The summed E-state index contributed by atoms with van der Waals surface area (Å²) in [5, 5.41) is 15.3. The smallest absolute Gasteiger partial charge is 0.408 e. The number of carbonyl (C=O) groups excluding carboxylic acids is 1. The van der Waals surface area contributed by atoms with Crippen LogP contribution in [0.5, 0.6) is 0 Å². The van der Waals surface area contributed by atoms with Gasteiger partial charge >= 0.3 is 5.76 Å². The second-order valence-corrected chi connectivity index (χ2v) is 7.28. The van der Waals surface area contributed by atoms with Gasteiger partial charge in [0.2, 0.25) is 5.91 Å². The number of hydrogen-bond acceptors (Lipinski definition) is 6. The van der Waals surface area contributed by atoms with Gasteiger partial charge in [0, 0.05) is 20.0 Å². The highest BCUT2D eigenvalue weighted by Gasteiger charge is 2.23. The lowest BCUT2D eigenvalue weighted by Crippen LogP contribution is -2.53. The maximum absolute atomic E-state index is 12.3. The molecule has 2 aromatic carbocycles. The largest absolute Gasteiger partial charge is 0.419 e. The number of amides is 1. The van der Waals surface area contributed by atoms with Crippen LogP contribution in [0.2, 0.25) is 0 Å². The minimum Gasteiger partial charge on any atom is -0.408 e. The van der Waals surface area contributed by atoms with Gasteiger partial charge in [0.25, 0.3) is 0 Å². The van der Waals surface area contributed by atoms with Gasteiger partial charge in [-0.3, -0.25) is 9.36 Å². The molecule has 2 unspecified atom stereocenters. The van der Waals surface area contributed by atoms with Crippen molar-refractivity contribution in [2.24, 2.45) is 7.05 Å². The summed E-state index contributed by atoms with van der Waals surface area (Å²) < 4.78 is 11.9. The van der Waals surface area contributed by atoms with Gasteiger partial charge in [-0.2, -0.15) is 5.26 Å². The third-order valence-corrected chi connectivity index (χ3v) is 5.23. The predicted octanol–water partition coefficient (Wildman–Crippen LogP) is 1.34. The van der Waals surface area contributed by atoms with Crippen LogP contribution in [-0.2, 0) is 23.0 Å². The number of nitrogens with zero attached hydrogens (tertiary/aromatic N) is 2. The monoisotopic (exact) mass is 406 g/mol. The van der Waals surface area contributed by atoms with Crippen molar-refractivity contribution >= 4 is 17.0 Å². The molecule has 1 aromatic heterocycles. The zero-order chi connectivity index (χ0) is 21.1. The number of nitrogens with one attached hydrogen (secondary N) is 2. The van der Waals surface area contributed by atoms with Gasteiger partial charge in [0.1, 0.15) is 12.1 Å². The van der Waals surface area contributed by atoms with Crippen molar-refractivity contribution < 1.29 is 13.9 Å². The molecule has 8 heteroatoms. The lowest BCUT2D eigenvalue weighted by atomic mass is 10.0. The van der Waals surface area contributed by atoms with Crippen molar-refractivity contribution in [2.75, 3.05) is 19.8 Å². The van der Waals surface area contributed by atoms with E-state index < -0.39 is 17.8 Å². The fourth-order valence-corrected chi connectivity index (χ4v) is 3.51. The third-order valence-electron chi connectivity index (χ3n) is 5.23. The summed E-state index contributed by atoms with van der Waals surface area (Å²) in [6.07, 6.45) is 0.408. The molecule has 0 saturated carbocycles. The summed E-state index contributed by atoms with van der Waals surface area (Å²) in [6, 6.07) is 14.5. The molecule has 1 amide bonds. The average Bonchev–Trinajstić information content (AvgIpc) is 3.07. The van der Waals surface area contributed by atoms with Crippen LogP contribution >= 0.6 is 0 Å². The van der Waals surface area contributed by atoms with E-state index in [1.807, 2.05) is 36.4 Å². The highest BCUT2D eigenvalue weighted by atomic mass is 16.5. The van der Waals surface area contributed by atoms with Crippen molar-refractivity contribution in [2.45, 2.75) is 18.5 Å². The first-order valence-electron chi connectivity index (χ1n) is 9.75. The molecule has 2 N–H and O–H groups in total. The lowest BCUT2D eigenvalue weighted by molar-refractivity contribution is -0.126. The van der Waals surface area contributed by atoms with E-state index in [0.717, 1.165) is 22.2 Å². The van der Waals surface area contributed by atoms with E-state index in [0.29, 0.717) is 31.8 Å². The van der Waals surface area contributed by atoms with Gasteiger partial charge in [-0.1, -0.05) is 30.3 Å². The highest BCUT2D eigenvalue weighted by molar-refractivity contribution is 5.82. The van der Waals surface area contributed by atoms with E-state index in [4.69, 9.17) is 9.15 Å². The minimum absolute atomic E-state index is 0.225. The zero-order valence-corrected chi connectivity index (χ0v) is 16.6. The number of rotatable bonds is 5. The van der Waals surface area contributed by atoms with Gasteiger partial charge in [0.15, 0.2) is 5.58 Å². The molecule has 2 atom stereocenters. The van der Waals surface area contributed by atoms with Crippen LogP contribution in [-0.4, -0.2) is 42.3 Å². The molecule has 4 rings (SSSR count). The van der Waals surface area contributed by atoms with Crippen molar-refractivity contribution in [1.82, 2.24) is 15.2 Å². The Morgan fingerprint density at radius 3 is 2.77 bits per heavy atom. The van der Waals surface area contributed by atoms with E-state index in [-0.39, 0.29) is 5.91 Å². The van der Waals surface area contributed by atoms with Crippen LogP contribution in [0.3, 0.4) is 0 Å². The molecule has 1 saturated heterocycles. The summed E-state index contributed by atoms with van der Waals surface area (Å²) in [5.41, 5.74) is 4.16. The summed E-state index contributed by atoms with van der Waals surface area (Å²) in [4.78, 5) is 24.0. The Morgan fingerprint density at radius 2 is 2.07 bits per heavy atom. The van der Waals surface area contributed by atoms with E-state index in [2.05, 4.69) is 16.7 Å². The maximum atomic E-state index is 12.3. The lowest BCUT2D eigenvalue weighted by Gasteiger charge is -2.24. The van der Waals surface area contributed by atoms with Crippen molar-refractivity contribution in [1.29, 1.82) is 5.26 Å². The Bertz CT molecular complexity index is 1150. The van der Waals surface area contributed by atoms with E-state index >= 15 is 0 Å². The maximum Gasteiger partial charge on any atom is 0.419 e. The van der Waals surface area contributed by atoms with Gasteiger partial charge in [0.05, 0.1) is 24.8 Å². The van der Waals surface area contributed by atoms with Gasteiger partial charge in [-0.25, -0.2) is 4.79 Å². The first kappa shape index (κ1) is 19.9. The second kappa shape index (κ2) is 8.53. The third kappa shape index (κ3) is 4.13. The van der Waals surface area contributed by atoms with Crippen LogP contribution in [0.4, 0.5) is 0 Å². The van der Waals surface area contributed by atoms with Crippen LogP contribution in [0.1, 0.15) is 5.56 Å². The summed E-state index contributed by atoms with van der Waals surface area (Å²) >= 11 is 0.